The topological polar surface area (TPSA) is 62.2 Å². The number of aliphatic hydroxyl groups is 1. The smallest absolute Gasteiger partial charge is 0.244 e. The molecule has 0 radical (unpaired) electrons. The molecule has 2 rings (SSSR count). The van der Waals surface area contributed by atoms with Crippen LogP contribution in [0.1, 0.15) is 16.7 Å². The van der Waals surface area contributed by atoms with Crippen molar-refractivity contribution in [1.29, 1.82) is 0 Å². The predicted octanol–water partition coefficient (Wildman–Crippen LogP) is 1.90. The van der Waals surface area contributed by atoms with Crippen LogP contribution in [0.2, 0.25) is 0 Å². The largest absolute Gasteiger partial charge is 0.392 e. The van der Waals surface area contributed by atoms with Crippen LogP contribution in [-0.2, 0) is 17.9 Å². The molecule has 0 unspecified atom stereocenters. The van der Waals surface area contributed by atoms with Crippen LogP contribution in [0.3, 0.4) is 0 Å². The lowest BCUT2D eigenvalue weighted by molar-refractivity contribution is -0.116. The number of amides is 1. The van der Waals surface area contributed by atoms with Crippen molar-refractivity contribution in [3.8, 4) is 0 Å². The van der Waals surface area contributed by atoms with Gasteiger partial charge in [0, 0.05) is 25.0 Å². The van der Waals surface area contributed by atoms with E-state index in [1.165, 1.54) is 6.08 Å². The predicted molar refractivity (Wildman–Crippen MR) is 77.5 cm³/mol. The van der Waals surface area contributed by atoms with E-state index in [2.05, 4.69) is 10.3 Å². The first kappa shape index (κ1) is 14.0. The van der Waals surface area contributed by atoms with Crippen LogP contribution in [0.25, 0.3) is 6.08 Å². The van der Waals surface area contributed by atoms with E-state index in [0.29, 0.717) is 6.54 Å². The average Bonchev–Trinajstić information content (AvgIpc) is 2.52. The highest BCUT2D eigenvalue weighted by Crippen LogP contribution is 2.08. The van der Waals surface area contributed by atoms with Gasteiger partial charge in [-0.05, 0) is 28.8 Å². The fourth-order valence-electron chi connectivity index (χ4n) is 1.77. The van der Waals surface area contributed by atoms with E-state index in [4.69, 9.17) is 0 Å². The second-order valence-corrected chi connectivity index (χ2v) is 4.26. The van der Waals surface area contributed by atoms with E-state index in [1.54, 1.807) is 18.5 Å². The molecular weight excluding hydrogens is 252 g/mol. The van der Waals surface area contributed by atoms with Gasteiger partial charge in [0.1, 0.15) is 0 Å². The van der Waals surface area contributed by atoms with Crippen LogP contribution in [0.15, 0.2) is 54.9 Å². The highest BCUT2D eigenvalue weighted by Gasteiger charge is 2.01. The summed E-state index contributed by atoms with van der Waals surface area (Å²) >= 11 is 0. The summed E-state index contributed by atoms with van der Waals surface area (Å²) in [5.41, 5.74) is 2.61. The number of carbonyl (C=O) groups is 1. The van der Waals surface area contributed by atoms with Crippen LogP contribution in [-0.4, -0.2) is 16.0 Å². The number of hydrogen-bond acceptors (Lipinski definition) is 3. The van der Waals surface area contributed by atoms with Crippen molar-refractivity contribution in [2.75, 3.05) is 0 Å². The number of nitrogens with one attached hydrogen (secondary N) is 1. The summed E-state index contributed by atoms with van der Waals surface area (Å²) in [5, 5.41) is 12.0. The first-order valence-electron chi connectivity index (χ1n) is 6.33. The highest BCUT2D eigenvalue weighted by molar-refractivity contribution is 5.91. The lowest BCUT2D eigenvalue weighted by Gasteiger charge is -2.07. The molecule has 20 heavy (non-hydrogen) atoms. The van der Waals surface area contributed by atoms with Gasteiger partial charge in [-0.15, -0.1) is 0 Å². The standard InChI is InChI=1S/C16H16N2O2/c19-12-15-6-2-1-5-14(15)11-18-16(20)8-7-13-4-3-9-17-10-13/h1-10,19H,11-12H2,(H,18,20)/b8-7+. The number of pyridine rings is 1. The van der Waals surface area contributed by atoms with Crippen LogP contribution >= 0.6 is 0 Å². The summed E-state index contributed by atoms with van der Waals surface area (Å²) < 4.78 is 0. The minimum absolute atomic E-state index is 0.0302. The lowest BCUT2D eigenvalue weighted by Crippen LogP contribution is -2.21. The minimum atomic E-state index is -0.179. The van der Waals surface area contributed by atoms with Crippen LogP contribution in [0.5, 0.6) is 0 Å². The zero-order chi connectivity index (χ0) is 14.2. The summed E-state index contributed by atoms with van der Waals surface area (Å²) in [7, 11) is 0. The van der Waals surface area contributed by atoms with Gasteiger partial charge < -0.3 is 10.4 Å². The molecule has 2 aromatic rings. The van der Waals surface area contributed by atoms with E-state index in [1.807, 2.05) is 36.4 Å². The summed E-state index contributed by atoms with van der Waals surface area (Å²) in [5.74, 6) is -0.179. The Hall–Kier alpha value is -2.46. The third-order valence-electron chi connectivity index (χ3n) is 2.85. The Morgan fingerprint density at radius 1 is 1.20 bits per heavy atom. The zero-order valence-corrected chi connectivity index (χ0v) is 11.0. The summed E-state index contributed by atoms with van der Waals surface area (Å²) in [6.45, 7) is 0.366. The summed E-state index contributed by atoms with van der Waals surface area (Å²) in [4.78, 5) is 15.7. The Morgan fingerprint density at radius 2 is 2.00 bits per heavy atom. The second-order valence-electron chi connectivity index (χ2n) is 4.26. The van der Waals surface area contributed by atoms with Gasteiger partial charge in [0.15, 0.2) is 0 Å². The molecule has 0 fully saturated rings. The molecule has 1 heterocycles. The molecule has 1 aromatic carbocycles. The van der Waals surface area contributed by atoms with Gasteiger partial charge in [0.2, 0.25) is 5.91 Å². The number of carbonyl (C=O) groups excluding carboxylic acids is 1. The maximum atomic E-state index is 11.7. The molecule has 1 aromatic heterocycles. The molecule has 0 aliphatic heterocycles. The molecule has 0 atom stereocenters. The summed E-state index contributed by atoms with van der Waals surface area (Å²) in [6.07, 6.45) is 6.55. The van der Waals surface area contributed by atoms with Gasteiger partial charge in [-0.2, -0.15) is 0 Å². The van der Waals surface area contributed by atoms with E-state index in [0.717, 1.165) is 16.7 Å². The molecule has 0 spiro atoms. The maximum absolute atomic E-state index is 11.7. The second kappa shape index (κ2) is 7.21. The first-order chi connectivity index (χ1) is 9.79. The number of hydrogen-bond donors (Lipinski definition) is 2. The van der Waals surface area contributed by atoms with E-state index in [-0.39, 0.29) is 12.5 Å². The van der Waals surface area contributed by atoms with Gasteiger partial charge in [-0.25, -0.2) is 0 Å². The quantitative estimate of drug-likeness (QED) is 0.814. The van der Waals surface area contributed by atoms with E-state index in [9.17, 15) is 9.90 Å². The third kappa shape index (κ3) is 4.03. The fourth-order valence-corrected chi connectivity index (χ4v) is 1.77. The molecular formula is C16H16N2O2. The Morgan fingerprint density at radius 3 is 2.70 bits per heavy atom. The molecule has 0 saturated heterocycles. The van der Waals surface area contributed by atoms with Crippen LogP contribution in [0, 0.1) is 0 Å². The van der Waals surface area contributed by atoms with Crippen LogP contribution in [0.4, 0.5) is 0 Å². The number of aliphatic hydroxyl groups excluding tert-OH is 1. The fraction of sp³-hybridized carbons (Fsp3) is 0.125. The number of aromatic nitrogens is 1. The van der Waals surface area contributed by atoms with Gasteiger partial charge in [0.05, 0.1) is 6.61 Å². The number of nitrogens with zero attached hydrogens (tertiary/aromatic N) is 1. The summed E-state index contributed by atoms with van der Waals surface area (Å²) in [6, 6.07) is 11.2. The Balaban J connectivity index is 1.91. The van der Waals surface area contributed by atoms with Crippen molar-refractivity contribution in [3.05, 3.63) is 71.6 Å². The first-order valence-corrected chi connectivity index (χ1v) is 6.33. The highest BCUT2D eigenvalue weighted by atomic mass is 16.3. The van der Waals surface area contributed by atoms with Gasteiger partial charge >= 0.3 is 0 Å². The van der Waals surface area contributed by atoms with E-state index < -0.39 is 0 Å². The van der Waals surface area contributed by atoms with Crippen molar-refractivity contribution >= 4 is 12.0 Å². The minimum Gasteiger partial charge on any atom is -0.392 e. The molecule has 2 N–H and O–H groups in total. The molecule has 0 aliphatic rings. The Kier molecular flexibility index (Phi) is 5.03. The molecule has 1 amide bonds. The van der Waals surface area contributed by atoms with Gasteiger partial charge in [-0.3, -0.25) is 9.78 Å². The Bertz CT molecular complexity index is 594. The maximum Gasteiger partial charge on any atom is 0.244 e. The number of benzene rings is 1. The van der Waals surface area contributed by atoms with Crippen molar-refractivity contribution in [2.45, 2.75) is 13.2 Å². The lowest BCUT2D eigenvalue weighted by atomic mass is 10.1. The third-order valence-corrected chi connectivity index (χ3v) is 2.85. The van der Waals surface area contributed by atoms with Gasteiger partial charge in [-0.1, -0.05) is 30.3 Å². The molecule has 0 saturated carbocycles. The molecule has 4 heteroatoms. The number of rotatable bonds is 5. The van der Waals surface area contributed by atoms with Crippen molar-refractivity contribution in [3.63, 3.8) is 0 Å². The van der Waals surface area contributed by atoms with Crippen molar-refractivity contribution in [2.24, 2.45) is 0 Å². The van der Waals surface area contributed by atoms with Gasteiger partial charge in [0.25, 0.3) is 0 Å². The Labute approximate surface area is 117 Å². The molecule has 0 aliphatic carbocycles. The molecule has 102 valence electrons. The normalized spacial score (nSPS) is 10.7. The zero-order valence-electron chi connectivity index (χ0n) is 11.0. The molecule has 0 bridgehead atoms. The van der Waals surface area contributed by atoms with Crippen molar-refractivity contribution < 1.29 is 9.90 Å². The monoisotopic (exact) mass is 268 g/mol. The van der Waals surface area contributed by atoms with Crippen molar-refractivity contribution in [1.82, 2.24) is 10.3 Å². The van der Waals surface area contributed by atoms with E-state index >= 15 is 0 Å². The van der Waals surface area contributed by atoms with Crippen LogP contribution < -0.4 is 5.32 Å². The molecule has 4 nitrogen and oxygen atoms in total. The average molecular weight is 268 g/mol. The SMILES string of the molecule is O=C(/C=C/c1cccnc1)NCc1ccccc1CO.